The van der Waals surface area contributed by atoms with Crippen molar-refractivity contribution in [1.29, 1.82) is 0 Å². The number of nitrogens with zero attached hydrogens (tertiary/aromatic N) is 3. The zero-order valence-corrected chi connectivity index (χ0v) is 18.1. The molecule has 0 aromatic heterocycles. The van der Waals surface area contributed by atoms with Crippen LogP contribution >= 0.6 is 40.3 Å². The van der Waals surface area contributed by atoms with E-state index in [-0.39, 0.29) is 29.5 Å². The van der Waals surface area contributed by atoms with Crippen molar-refractivity contribution in [2.75, 3.05) is 24.6 Å². The third-order valence-electron chi connectivity index (χ3n) is 4.79. The molecular formula is C20H17BrClN3O2S. The van der Waals surface area contributed by atoms with Crippen LogP contribution in [0.2, 0.25) is 5.02 Å². The van der Waals surface area contributed by atoms with Crippen LogP contribution < -0.4 is 9.64 Å². The first-order chi connectivity index (χ1) is 13.2. The number of carbonyl (C=O) groups is 1. The summed E-state index contributed by atoms with van der Waals surface area (Å²) in [6.07, 6.45) is 0. The number of hydrogen-bond donors (Lipinski definition) is 0. The second-order valence-electron chi connectivity index (χ2n) is 6.49. The number of ether oxygens (including phenoxy) is 1. The Morgan fingerprint density at radius 1 is 1.21 bits per heavy atom. The van der Waals surface area contributed by atoms with Crippen LogP contribution in [0.25, 0.3) is 5.70 Å². The first-order valence-corrected chi connectivity index (χ1v) is 9.96. The lowest BCUT2D eigenvalue weighted by atomic mass is 10.1. The van der Waals surface area contributed by atoms with Crippen molar-refractivity contribution in [2.45, 2.75) is 6.54 Å². The average molecular weight is 479 g/mol. The number of hydrogen-bond acceptors (Lipinski definition) is 5. The lowest BCUT2D eigenvalue weighted by molar-refractivity contribution is -0.121. The Balaban J connectivity index is 0.00000192. The van der Waals surface area contributed by atoms with Crippen LogP contribution in [0.4, 0.5) is 5.69 Å². The summed E-state index contributed by atoms with van der Waals surface area (Å²) in [4.78, 5) is 21.0. The number of thioether (sulfide) groups is 1. The molecule has 0 saturated carbocycles. The fourth-order valence-electron chi connectivity index (χ4n) is 3.54. The number of benzene rings is 2. The monoisotopic (exact) mass is 477 g/mol. The fourth-order valence-corrected chi connectivity index (χ4v) is 4.71. The SMILES string of the molecule is Br.O=C1COc2c(C3=CSC4=NCCN34)cc(Cl)cc2N1Cc1ccccc1. The van der Waals surface area contributed by atoms with Crippen molar-refractivity contribution < 1.29 is 9.53 Å². The smallest absolute Gasteiger partial charge is 0.265 e. The van der Waals surface area contributed by atoms with Crippen LogP contribution in [-0.4, -0.2) is 35.7 Å². The van der Waals surface area contributed by atoms with Crippen LogP contribution in [0.5, 0.6) is 5.75 Å². The highest BCUT2D eigenvalue weighted by atomic mass is 79.9. The highest BCUT2D eigenvalue weighted by Crippen LogP contribution is 2.45. The van der Waals surface area contributed by atoms with Crippen molar-refractivity contribution in [1.82, 2.24) is 4.90 Å². The second kappa shape index (κ2) is 7.81. The van der Waals surface area contributed by atoms with Gasteiger partial charge >= 0.3 is 0 Å². The van der Waals surface area contributed by atoms with Gasteiger partial charge in [-0.2, -0.15) is 0 Å². The molecule has 0 fully saturated rings. The molecule has 5 nitrogen and oxygen atoms in total. The maximum absolute atomic E-state index is 12.6. The minimum atomic E-state index is -0.0715. The van der Waals surface area contributed by atoms with Gasteiger partial charge in [0.15, 0.2) is 17.5 Å². The van der Waals surface area contributed by atoms with E-state index in [4.69, 9.17) is 16.3 Å². The standard InChI is InChI=1S/C20H16ClN3O2S.BrH/c21-14-8-15(17-12-27-20-22-6-7-23(17)20)19-16(9-14)24(18(25)11-26-19)10-13-4-2-1-3-5-13;/h1-5,8-9,12H,6-7,10-11H2;1H. The van der Waals surface area contributed by atoms with Gasteiger partial charge in [-0.1, -0.05) is 53.7 Å². The molecule has 28 heavy (non-hydrogen) atoms. The Morgan fingerprint density at radius 2 is 2.04 bits per heavy atom. The second-order valence-corrected chi connectivity index (χ2v) is 7.77. The normalized spacial score (nSPS) is 17.4. The molecule has 1 amide bonds. The van der Waals surface area contributed by atoms with Gasteiger partial charge in [-0.25, -0.2) is 0 Å². The van der Waals surface area contributed by atoms with E-state index in [9.17, 15) is 4.79 Å². The maximum Gasteiger partial charge on any atom is 0.265 e. The number of carbonyl (C=O) groups excluding carboxylic acids is 1. The Kier molecular flexibility index (Phi) is 5.40. The summed E-state index contributed by atoms with van der Waals surface area (Å²) in [6, 6.07) is 13.6. The molecule has 2 aromatic rings. The lowest BCUT2D eigenvalue weighted by Gasteiger charge is -2.32. The van der Waals surface area contributed by atoms with Crippen molar-refractivity contribution in [3.63, 3.8) is 0 Å². The van der Waals surface area contributed by atoms with Crippen LogP contribution in [0.1, 0.15) is 11.1 Å². The lowest BCUT2D eigenvalue weighted by Crippen LogP contribution is -2.38. The molecule has 3 aliphatic heterocycles. The Labute approximate surface area is 182 Å². The van der Waals surface area contributed by atoms with Gasteiger partial charge in [0.25, 0.3) is 5.91 Å². The van der Waals surface area contributed by atoms with Gasteiger partial charge in [0, 0.05) is 22.5 Å². The summed E-state index contributed by atoms with van der Waals surface area (Å²) in [5.74, 6) is 0.632. The number of rotatable bonds is 3. The fraction of sp³-hybridized carbons (Fsp3) is 0.200. The maximum atomic E-state index is 12.6. The van der Waals surface area contributed by atoms with Crippen LogP contribution in [0.3, 0.4) is 0 Å². The Bertz CT molecular complexity index is 996. The number of anilines is 1. The molecule has 3 aliphatic rings. The molecule has 3 heterocycles. The van der Waals surface area contributed by atoms with Gasteiger partial charge in [0.05, 0.1) is 24.5 Å². The quantitative estimate of drug-likeness (QED) is 0.649. The van der Waals surface area contributed by atoms with Crippen LogP contribution in [0.15, 0.2) is 52.9 Å². The molecule has 0 N–H and O–H groups in total. The summed E-state index contributed by atoms with van der Waals surface area (Å²) in [7, 11) is 0. The van der Waals surface area contributed by atoms with Crippen molar-refractivity contribution in [2.24, 2.45) is 4.99 Å². The van der Waals surface area contributed by atoms with Crippen LogP contribution in [0, 0.1) is 0 Å². The van der Waals surface area contributed by atoms with Crippen molar-refractivity contribution >= 4 is 62.8 Å². The summed E-state index contributed by atoms with van der Waals surface area (Å²) in [6.45, 7) is 2.15. The Hall–Kier alpha value is -1.96. The van der Waals surface area contributed by atoms with E-state index in [2.05, 4.69) is 15.3 Å². The number of amides is 1. The minimum Gasteiger partial charge on any atom is -0.481 e. The molecule has 0 saturated heterocycles. The van der Waals surface area contributed by atoms with E-state index in [1.807, 2.05) is 42.5 Å². The van der Waals surface area contributed by atoms with E-state index >= 15 is 0 Å². The molecule has 0 aliphatic carbocycles. The average Bonchev–Trinajstić information content (AvgIpc) is 3.28. The summed E-state index contributed by atoms with van der Waals surface area (Å²) < 4.78 is 5.88. The number of amidine groups is 1. The molecule has 0 bridgehead atoms. The molecule has 5 rings (SSSR count). The van der Waals surface area contributed by atoms with E-state index in [0.29, 0.717) is 23.0 Å². The predicted molar refractivity (Wildman–Crippen MR) is 119 cm³/mol. The van der Waals surface area contributed by atoms with Gasteiger partial charge in [-0.15, -0.1) is 17.0 Å². The minimum absolute atomic E-state index is 0. The van der Waals surface area contributed by atoms with Gasteiger partial charge in [0.1, 0.15) is 0 Å². The zero-order chi connectivity index (χ0) is 18.4. The summed E-state index contributed by atoms with van der Waals surface area (Å²) in [5, 5.41) is 3.66. The molecule has 0 radical (unpaired) electrons. The largest absolute Gasteiger partial charge is 0.481 e. The first-order valence-electron chi connectivity index (χ1n) is 8.70. The van der Waals surface area contributed by atoms with E-state index in [1.165, 1.54) is 0 Å². The summed E-state index contributed by atoms with van der Waals surface area (Å²) >= 11 is 8.05. The topological polar surface area (TPSA) is 45.1 Å². The highest BCUT2D eigenvalue weighted by Gasteiger charge is 2.34. The molecule has 0 spiro atoms. The van der Waals surface area contributed by atoms with E-state index in [1.54, 1.807) is 16.7 Å². The molecule has 144 valence electrons. The van der Waals surface area contributed by atoms with Gasteiger partial charge < -0.3 is 14.5 Å². The molecule has 8 heteroatoms. The zero-order valence-electron chi connectivity index (χ0n) is 14.8. The number of aliphatic imine (C=N–C) groups is 1. The first kappa shape index (κ1) is 19.4. The van der Waals surface area contributed by atoms with E-state index < -0.39 is 0 Å². The highest BCUT2D eigenvalue weighted by molar-refractivity contribution is 8.93. The Morgan fingerprint density at radius 3 is 2.86 bits per heavy atom. The number of halogens is 2. The van der Waals surface area contributed by atoms with Crippen molar-refractivity contribution in [3.05, 3.63) is 64.0 Å². The van der Waals surface area contributed by atoms with E-state index in [0.717, 1.165) is 35.1 Å². The third kappa shape index (κ3) is 3.32. The molecule has 0 unspecified atom stereocenters. The van der Waals surface area contributed by atoms with Crippen molar-refractivity contribution in [3.8, 4) is 5.75 Å². The van der Waals surface area contributed by atoms with Gasteiger partial charge in [-0.3, -0.25) is 9.79 Å². The molecular weight excluding hydrogens is 462 g/mol. The van der Waals surface area contributed by atoms with Gasteiger partial charge in [0.2, 0.25) is 0 Å². The predicted octanol–water partition coefficient (Wildman–Crippen LogP) is 4.56. The van der Waals surface area contributed by atoms with Crippen LogP contribution in [-0.2, 0) is 11.3 Å². The molecule has 2 aromatic carbocycles. The summed E-state index contributed by atoms with van der Waals surface area (Å²) in [5.41, 5.74) is 3.71. The number of fused-ring (bicyclic) bond motifs is 2. The molecule has 0 atom stereocenters. The van der Waals surface area contributed by atoms with Gasteiger partial charge in [-0.05, 0) is 17.7 Å². The third-order valence-corrected chi connectivity index (χ3v) is 5.91.